The highest BCUT2D eigenvalue weighted by molar-refractivity contribution is 7.86. The molecule has 8 nitrogen and oxygen atoms in total. The zero-order valence-corrected chi connectivity index (χ0v) is 17.6. The van der Waals surface area contributed by atoms with Crippen LogP contribution in [-0.2, 0) is 15.0 Å². The van der Waals surface area contributed by atoms with Gasteiger partial charge < -0.3 is 10.3 Å². The van der Waals surface area contributed by atoms with E-state index < -0.39 is 22.9 Å². The van der Waals surface area contributed by atoms with Crippen molar-refractivity contribution in [2.75, 3.05) is 32.0 Å². The maximum Gasteiger partial charge on any atom is 0.402 e. The molecule has 1 saturated carbocycles. The number of H-pyrrole nitrogens is 1. The Balaban J connectivity index is 1.56. The van der Waals surface area contributed by atoms with Gasteiger partial charge in [-0.3, -0.25) is 4.79 Å². The molecule has 0 spiro atoms. The van der Waals surface area contributed by atoms with E-state index in [1.165, 1.54) is 0 Å². The number of pyridine rings is 1. The van der Waals surface area contributed by atoms with Gasteiger partial charge in [-0.25, -0.2) is 4.98 Å². The molecule has 1 fully saturated rings. The van der Waals surface area contributed by atoms with Crippen molar-refractivity contribution in [1.29, 1.82) is 0 Å². The van der Waals surface area contributed by atoms with Gasteiger partial charge in [-0.1, -0.05) is 6.08 Å². The molecule has 0 radical (unpaired) electrons. The first-order valence-corrected chi connectivity index (χ1v) is 11.2. The van der Waals surface area contributed by atoms with Crippen molar-refractivity contribution in [3.63, 3.8) is 0 Å². The zero-order chi connectivity index (χ0) is 22.4. The second kappa shape index (κ2) is 7.92. The highest BCUT2D eigenvalue weighted by Crippen LogP contribution is 2.33. The summed E-state index contributed by atoms with van der Waals surface area (Å²) in [6.45, 7) is -1.53. The van der Waals surface area contributed by atoms with Gasteiger partial charge in [0.1, 0.15) is 18.0 Å². The maximum atomic E-state index is 12.6. The van der Waals surface area contributed by atoms with Gasteiger partial charge in [0.05, 0.1) is 0 Å². The van der Waals surface area contributed by atoms with Crippen LogP contribution in [0.4, 0.5) is 19.0 Å². The zero-order valence-electron chi connectivity index (χ0n) is 16.7. The summed E-state index contributed by atoms with van der Waals surface area (Å²) in [6, 6.07) is 3.59. The van der Waals surface area contributed by atoms with E-state index >= 15 is 0 Å². The van der Waals surface area contributed by atoms with E-state index in [9.17, 15) is 26.4 Å². The fourth-order valence-electron chi connectivity index (χ4n) is 3.58. The van der Waals surface area contributed by atoms with E-state index in [4.69, 9.17) is 0 Å². The molecule has 0 atom stereocenters. The monoisotopic (exact) mass is 457 g/mol. The third kappa shape index (κ3) is 4.75. The lowest BCUT2D eigenvalue weighted by Gasteiger charge is -2.30. The number of carbonyl (C=O) groups is 1. The topological polar surface area (TPSA) is 98.4 Å². The van der Waals surface area contributed by atoms with Crippen LogP contribution < -0.4 is 5.32 Å². The van der Waals surface area contributed by atoms with Crippen molar-refractivity contribution in [3.8, 4) is 0 Å². The molecule has 2 aromatic heterocycles. The van der Waals surface area contributed by atoms with Gasteiger partial charge in [0.25, 0.3) is 10.2 Å². The van der Waals surface area contributed by atoms with Gasteiger partial charge in [0.2, 0.25) is 5.91 Å². The van der Waals surface area contributed by atoms with E-state index in [1.807, 2.05) is 6.07 Å². The third-order valence-corrected chi connectivity index (χ3v) is 7.27. The predicted molar refractivity (Wildman–Crippen MR) is 109 cm³/mol. The summed E-state index contributed by atoms with van der Waals surface area (Å²) in [6.07, 6.45) is 0.843. The van der Waals surface area contributed by atoms with Crippen LogP contribution in [0.1, 0.15) is 24.8 Å². The van der Waals surface area contributed by atoms with Crippen LogP contribution in [0.2, 0.25) is 0 Å². The number of carbonyl (C=O) groups excluding carboxylic acids is 1. The minimum atomic E-state index is -4.61. The van der Waals surface area contributed by atoms with Gasteiger partial charge in [0, 0.05) is 37.6 Å². The van der Waals surface area contributed by atoms with Gasteiger partial charge in [-0.2, -0.15) is 30.2 Å². The number of aromatic nitrogens is 2. The second-order valence-electron chi connectivity index (χ2n) is 7.77. The van der Waals surface area contributed by atoms with E-state index in [0.717, 1.165) is 40.7 Å². The van der Waals surface area contributed by atoms with Crippen LogP contribution in [0.3, 0.4) is 0 Å². The minimum Gasteiger partial charge on any atom is -0.346 e. The molecule has 3 heterocycles. The largest absolute Gasteiger partial charge is 0.402 e. The molecule has 1 aliphatic carbocycles. The highest BCUT2D eigenvalue weighted by atomic mass is 32.2. The number of fused-ring (bicyclic) bond motifs is 1. The lowest BCUT2D eigenvalue weighted by Crippen LogP contribution is -2.46. The minimum absolute atomic E-state index is 0.0194. The average molecular weight is 457 g/mol. The number of halogens is 3. The standard InChI is InChI=1S/C19H22F3N5O3S/c1-26(11-19(20,21)22)31(29,30)27-8-5-12(6-9-27)15-10-16(25-18(28)13-2-3-13)24-17-14(15)4-7-23-17/h4-5,7,10,13H,2-3,6,8-9,11H2,1H3,(H2,23,24,25,28). The van der Waals surface area contributed by atoms with Crippen molar-refractivity contribution in [2.24, 2.45) is 5.92 Å². The van der Waals surface area contributed by atoms with Crippen molar-refractivity contribution in [2.45, 2.75) is 25.4 Å². The summed E-state index contributed by atoms with van der Waals surface area (Å²) >= 11 is 0. The summed E-state index contributed by atoms with van der Waals surface area (Å²) < 4.78 is 64.1. The maximum absolute atomic E-state index is 12.6. The molecule has 12 heteroatoms. The Hall–Kier alpha value is -2.44. The Bertz CT molecular complexity index is 1140. The molecule has 2 aliphatic rings. The smallest absolute Gasteiger partial charge is 0.346 e. The van der Waals surface area contributed by atoms with Crippen LogP contribution >= 0.6 is 0 Å². The molecule has 0 unspecified atom stereocenters. The normalized spacial score (nSPS) is 18.4. The fourth-order valence-corrected chi connectivity index (χ4v) is 4.87. The molecule has 2 aromatic rings. The van der Waals surface area contributed by atoms with Crippen LogP contribution in [0.15, 0.2) is 24.4 Å². The Morgan fingerprint density at radius 1 is 1.39 bits per heavy atom. The number of rotatable bonds is 6. The van der Waals surface area contributed by atoms with Crippen molar-refractivity contribution >= 4 is 38.5 Å². The summed E-state index contributed by atoms with van der Waals surface area (Å²) in [5, 5.41) is 3.64. The first-order valence-electron chi connectivity index (χ1n) is 9.81. The fraction of sp³-hybridized carbons (Fsp3) is 0.474. The first kappa shape index (κ1) is 21.8. The molecular weight excluding hydrogens is 435 g/mol. The van der Waals surface area contributed by atoms with Crippen molar-refractivity contribution in [1.82, 2.24) is 18.6 Å². The SMILES string of the molecule is CN(CC(F)(F)F)S(=O)(=O)N1CC=C(c2cc(NC(=O)C3CC3)nc3[nH]ccc23)CC1. The summed E-state index contributed by atoms with van der Waals surface area (Å²) in [5.74, 6) is 0.348. The van der Waals surface area contributed by atoms with Gasteiger partial charge in [-0.05, 0) is 42.5 Å². The number of nitrogens with zero attached hydrogens (tertiary/aromatic N) is 3. The third-order valence-electron chi connectivity index (χ3n) is 5.37. The Morgan fingerprint density at radius 3 is 2.74 bits per heavy atom. The summed E-state index contributed by atoms with van der Waals surface area (Å²) in [5.41, 5.74) is 2.24. The van der Waals surface area contributed by atoms with Crippen LogP contribution in [0, 0.1) is 5.92 Å². The summed E-state index contributed by atoms with van der Waals surface area (Å²) in [4.78, 5) is 19.6. The number of alkyl halides is 3. The lowest BCUT2D eigenvalue weighted by atomic mass is 9.98. The number of nitrogens with one attached hydrogen (secondary N) is 2. The van der Waals surface area contributed by atoms with Gasteiger partial charge >= 0.3 is 6.18 Å². The van der Waals surface area contributed by atoms with Gasteiger partial charge in [0.15, 0.2) is 0 Å². The number of aromatic amines is 1. The first-order chi connectivity index (χ1) is 14.5. The molecule has 31 heavy (non-hydrogen) atoms. The molecule has 4 rings (SSSR count). The lowest BCUT2D eigenvalue weighted by molar-refractivity contribution is -0.134. The van der Waals surface area contributed by atoms with E-state index in [-0.39, 0.29) is 24.9 Å². The molecule has 2 N–H and O–H groups in total. The number of amides is 1. The van der Waals surface area contributed by atoms with Gasteiger partial charge in [-0.15, -0.1) is 0 Å². The molecule has 0 aromatic carbocycles. The molecule has 0 bridgehead atoms. The second-order valence-corrected chi connectivity index (χ2v) is 9.81. The van der Waals surface area contributed by atoms with E-state index in [2.05, 4.69) is 15.3 Å². The van der Waals surface area contributed by atoms with Crippen molar-refractivity contribution in [3.05, 3.63) is 30.0 Å². The van der Waals surface area contributed by atoms with Crippen LogP contribution in [0.25, 0.3) is 16.6 Å². The quantitative estimate of drug-likeness (QED) is 0.697. The Kier molecular flexibility index (Phi) is 5.56. The Morgan fingerprint density at radius 2 is 2.13 bits per heavy atom. The molecular formula is C19H22F3N5O3S. The molecule has 0 saturated heterocycles. The summed E-state index contributed by atoms with van der Waals surface area (Å²) in [7, 11) is -3.31. The van der Waals surface area contributed by atoms with Crippen LogP contribution in [-0.4, -0.2) is 65.8 Å². The number of hydrogen-bond donors (Lipinski definition) is 2. The van der Waals surface area contributed by atoms with E-state index in [0.29, 0.717) is 22.2 Å². The molecule has 168 valence electrons. The van der Waals surface area contributed by atoms with E-state index in [1.54, 1.807) is 18.3 Å². The number of anilines is 1. The van der Waals surface area contributed by atoms with Crippen LogP contribution in [0.5, 0.6) is 0 Å². The average Bonchev–Trinajstić information content (AvgIpc) is 3.44. The molecule has 1 aliphatic heterocycles. The highest BCUT2D eigenvalue weighted by Gasteiger charge is 2.37. The molecule has 1 amide bonds. The van der Waals surface area contributed by atoms with Crippen molar-refractivity contribution < 1.29 is 26.4 Å². The Labute approximate surface area is 177 Å². The predicted octanol–water partition coefficient (Wildman–Crippen LogP) is 2.74. The number of hydrogen-bond acceptors (Lipinski definition) is 4.